The van der Waals surface area contributed by atoms with Crippen molar-refractivity contribution in [3.05, 3.63) is 88.4 Å². The van der Waals surface area contributed by atoms with Crippen LogP contribution >= 0.6 is 11.6 Å². The van der Waals surface area contributed by atoms with Crippen LogP contribution in [-0.4, -0.2) is 38.0 Å². The number of nitrogens with two attached hydrogens (primary N) is 1. The second-order valence-corrected chi connectivity index (χ2v) is 15.3. The Morgan fingerprint density at radius 2 is 1.90 bits per heavy atom. The van der Waals surface area contributed by atoms with Crippen LogP contribution in [0.15, 0.2) is 66.7 Å². The lowest BCUT2D eigenvalue weighted by atomic mass is 9.82. The maximum absolute atomic E-state index is 15.7. The number of carbonyl (C=O) groups excluding carboxylic acids is 2. The number of hydrogen-bond donors (Lipinski definition) is 3. The normalized spacial score (nSPS) is 24.0. The molecule has 1 fully saturated rings. The molecule has 0 aliphatic carbocycles. The van der Waals surface area contributed by atoms with E-state index in [1.54, 1.807) is 66.5 Å². The van der Waals surface area contributed by atoms with E-state index in [9.17, 15) is 14.7 Å². The van der Waals surface area contributed by atoms with Crippen molar-refractivity contribution < 1.29 is 23.5 Å². The number of rotatable bonds is 7. The van der Waals surface area contributed by atoms with Gasteiger partial charge in [-0.2, -0.15) is 0 Å². The Balaban J connectivity index is 1.47. The number of amides is 2. The van der Waals surface area contributed by atoms with Crippen molar-refractivity contribution in [1.82, 2.24) is 0 Å². The number of aliphatic hydroxyl groups excluding tert-OH is 1. The van der Waals surface area contributed by atoms with Crippen LogP contribution in [0.4, 0.5) is 21.2 Å². The molecule has 2 heterocycles. The number of fused-ring (bicyclic) bond motifs is 2. The average Bonchev–Trinajstić information content (AvgIpc) is 3.31. The Morgan fingerprint density at radius 3 is 2.58 bits per heavy atom. The number of hydrogen-bond acceptors (Lipinski definition) is 5. The van der Waals surface area contributed by atoms with Crippen molar-refractivity contribution in [3.63, 3.8) is 0 Å². The maximum Gasteiger partial charge on any atom is 0.264 e. The smallest absolute Gasteiger partial charge is 0.264 e. The fourth-order valence-corrected chi connectivity index (χ4v) is 9.06. The maximum atomic E-state index is 15.7. The molecule has 210 valence electrons. The molecular weight excluding hydrogens is 549 g/mol. The predicted molar refractivity (Wildman–Crippen MR) is 158 cm³/mol. The van der Waals surface area contributed by atoms with E-state index < -0.39 is 31.6 Å². The number of ether oxygens (including phenoxy) is 1. The van der Waals surface area contributed by atoms with Gasteiger partial charge in [-0.1, -0.05) is 30.7 Å². The lowest BCUT2D eigenvalue weighted by Crippen LogP contribution is -2.45. The van der Waals surface area contributed by atoms with Crippen LogP contribution in [0.2, 0.25) is 23.7 Å². The summed E-state index contributed by atoms with van der Waals surface area (Å²) in [5, 5.41) is 13.1. The van der Waals surface area contributed by atoms with Gasteiger partial charge < -0.3 is 29.9 Å². The van der Waals surface area contributed by atoms with E-state index in [-0.39, 0.29) is 31.4 Å². The molecule has 0 saturated carbocycles. The Kier molecular flexibility index (Phi) is 7.52. The third kappa shape index (κ3) is 4.92. The van der Waals surface area contributed by atoms with Gasteiger partial charge >= 0.3 is 0 Å². The van der Waals surface area contributed by atoms with Crippen molar-refractivity contribution >= 4 is 48.9 Å². The predicted octanol–water partition coefficient (Wildman–Crippen LogP) is 5.88. The van der Waals surface area contributed by atoms with Crippen molar-refractivity contribution in [2.75, 3.05) is 22.6 Å². The van der Waals surface area contributed by atoms with Gasteiger partial charge in [0.1, 0.15) is 0 Å². The fourth-order valence-electron chi connectivity index (χ4n) is 6.34. The Hall–Kier alpha value is -3.24. The molecule has 5 rings (SSSR count). The topological polar surface area (TPSA) is 105 Å². The van der Waals surface area contributed by atoms with Crippen LogP contribution in [0, 0.1) is 5.92 Å². The van der Waals surface area contributed by atoms with Crippen molar-refractivity contribution in [3.8, 4) is 0 Å². The first-order valence-electron chi connectivity index (χ1n) is 13.3. The highest BCUT2D eigenvalue weighted by atomic mass is 35.5. The molecule has 7 nitrogen and oxygen atoms in total. The average molecular weight is 582 g/mol. The van der Waals surface area contributed by atoms with Gasteiger partial charge in [0.25, 0.3) is 11.8 Å². The number of nitrogen functional groups attached to an aromatic ring is 1. The largest absolute Gasteiger partial charge is 0.399 e. The molecule has 4 N–H and O–H groups in total. The number of aliphatic hydroxyl groups is 1. The number of benzene rings is 3. The number of nitrogens with zero attached hydrogens (tertiary/aromatic N) is 1. The molecule has 2 aliphatic rings. The third-order valence-electron chi connectivity index (χ3n) is 8.03. The van der Waals surface area contributed by atoms with Crippen LogP contribution in [0.1, 0.15) is 34.8 Å². The monoisotopic (exact) mass is 581 g/mol. The van der Waals surface area contributed by atoms with Gasteiger partial charge in [0.2, 0.25) is 8.41 Å². The van der Waals surface area contributed by atoms with E-state index >= 15 is 4.11 Å². The molecule has 0 radical (unpaired) electrons. The van der Waals surface area contributed by atoms with E-state index in [1.165, 1.54) is 0 Å². The molecule has 1 spiro atoms. The molecular formula is C30H33ClFN3O4Si. The Labute approximate surface area is 239 Å². The zero-order valence-corrected chi connectivity index (χ0v) is 24.4. The zero-order valence-electron chi connectivity index (χ0n) is 22.7. The van der Waals surface area contributed by atoms with E-state index in [0.29, 0.717) is 33.2 Å². The summed E-state index contributed by atoms with van der Waals surface area (Å²) in [6.45, 7) is 5.17. The van der Waals surface area contributed by atoms with Crippen molar-refractivity contribution in [2.45, 2.75) is 50.2 Å². The quantitative estimate of drug-likeness (QED) is 0.184. The summed E-state index contributed by atoms with van der Waals surface area (Å²) in [6.07, 6.45) is -0.343. The molecule has 4 atom stereocenters. The molecule has 40 heavy (non-hydrogen) atoms. The highest BCUT2D eigenvalue weighted by Crippen LogP contribution is 2.60. The van der Waals surface area contributed by atoms with Gasteiger partial charge in [-0.15, -0.1) is 0 Å². The molecule has 2 aliphatic heterocycles. The van der Waals surface area contributed by atoms with Crippen LogP contribution in [-0.2, 0) is 21.7 Å². The van der Waals surface area contributed by atoms with Gasteiger partial charge in [0.05, 0.1) is 18.3 Å². The Bertz CT molecular complexity index is 1450. The lowest BCUT2D eigenvalue weighted by Gasteiger charge is -2.31. The van der Waals surface area contributed by atoms with Crippen LogP contribution in [0.5, 0.6) is 0 Å². The summed E-state index contributed by atoms with van der Waals surface area (Å²) < 4.78 is 22.2. The van der Waals surface area contributed by atoms with E-state index in [1.807, 2.05) is 25.1 Å². The minimum atomic E-state index is -3.28. The van der Waals surface area contributed by atoms with E-state index in [2.05, 4.69) is 5.32 Å². The minimum absolute atomic E-state index is 0.163. The summed E-state index contributed by atoms with van der Waals surface area (Å²) in [5.41, 5.74) is 7.52. The highest BCUT2D eigenvalue weighted by Gasteiger charge is 2.66. The molecule has 0 unspecified atom stereocenters. The molecule has 2 amide bonds. The van der Waals surface area contributed by atoms with Gasteiger partial charge in [0.15, 0.2) is 5.60 Å². The summed E-state index contributed by atoms with van der Waals surface area (Å²) in [7, 11) is -3.28. The molecule has 0 aromatic heterocycles. The standard InChI is InChI=1S/C30H33ClFN3O4Si/c1-18-27(40(2,3)32)26(13-14-36)39-30(18)24-16-21(31)9-12-25(24)35(29(30)38)17-19-5-4-6-23(15-19)34-28(37)20-7-10-22(33)11-8-20/h4-12,15-16,18,26-27,36H,13-14,17,33H2,1-3H3,(H,34,37)/t18-,26+,27-,30+/m1/s1. The SMILES string of the molecule is C[C@@H]1[C@@H]([Si](C)(C)F)[C@H](CCO)O[C@@]12C(=O)N(Cc1cccc(NC(=O)c3ccc(N)cc3)c1)c1ccc(Cl)cc12. The van der Waals surface area contributed by atoms with Crippen LogP contribution < -0.4 is 16.0 Å². The zero-order chi connectivity index (χ0) is 28.8. The summed E-state index contributed by atoms with van der Waals surface area (Å²) in [4.78, 5) is 28.7. The summed E-state index contributed by atoms with van der Waals surface area (Å²) >= 11 is 6.40. The number of anilines is 3. The number of carbonyl (C=O) groups is 2. The molecule has 0 bridgehead atoms. The van der Waals surface area contributed by atoms with Crippen molar-refractivity contribution in [1.29, 1.82) is 0 Å². The molecule has 3 aromatic rings. The molecule has 3 aromatic carbocycles. The van der Waals surface area contributed by atoms with Gasteiger partial charge in [-0.3, -0.25) is 9.59 Å². The van der Waals surface area contributed by atoms with Gasteiger partial charge in [-0.05, 0) is 79.7 Å². The first-order valence-corrected chi connectivity index (χ1v) is 16.6. The van der Waals surface area contributed by atoms with Crippen LogP contribution in [0.3, 0.4) is 0 Å². The third-order valence-corrected chi connectivity index (χ3v) is 10.7. The first kappa shape index (κ1) is 28.3. The second kappa shape index (κ2) is 10.6. The number of nitrogens with one attached hydrogen (secondary N) is 1. The van der Waals surface area contributed by atoms with Gasteiger partial charge in [-0.25, -0.2) is 0 Å². The minimum Gasteiger partial charge on any atom is -0.399 e. The lowest BCUT2D eigenvalue weighted by molar-refractivity contribution is -0.146. The van der Waals surface area contributed by atoms with Crippen LogP contribution in [0.25, 0.3) is 0 Å². The molecule has 1 saturated heterocycles. The van der Waals surface area contributed by atoms with E-state index in [0.717, 1.165) is 5.56 Å². The first-order chi connectivity index (χ1) is 19.0. The van der Waals surface area contributed by atoms with E-state index in [4.69, 9.17) is 22.1 Å². The van der Waals surface area contributed by atoms with Crippen molar-refractivity contribution in [2.24, 2.45) is 5.92 Å². The summed E-state index contributed by atoms with van der Waals surface area (Å²) in [6, 6.07) is 19.2. The van der Waals surface area contributed by atoms with Gasteiger partial charge in [0, 0.05) is 45.6 Å². The number of halogens is 2. The fraction of sp³-hybridized carbons (Fsp3) is 0.333. The second-order valence-electron chi connectivity index (χ2n) is 11.1. The Morgan fingerprint density at radius 1 is 1.18 bits per heavy atom. The summed E-state index contributed by atoms with van der Waals surface area (Å²) in [5.74, 6) is -1.02. The highest BCUT2D eigenvalue weighted by molar-refractivity contribution is 6.72. The molecule has 10 heteroatoms.